The predicted octanol–water partition coefficient (Wildman–Crippen LogP) is 2.50. The predicted molar refractivity (Wildman–Crippen MR) is 75.3 cm³/mol. The molecule has 6 nitrogen and oxygen atoms in total. The lowest BCUT2D eigenvalue weighted by atomic mass is 10.1. The highest BCUT2D eigenvalue weighted by atomic mass is 16.5. The molecule has 0 bridgehead atoms. The summed E-state index contributed by atoms with van der Waals surface area (Å²) in [7, 11) is 1.49. The molecule has 0 saturated carbocycles. The van der Waals surface area contributed by atoms with Gasteiger partial charge in [0, 0.05) is 17.8 Å². The number of methoxy groups -OCH3 is 1. The molecule has 0 spiro atoms. The number of ether oxygens (including phenoxy) is 1. The van der Waals surface area contributed by atoms with Crippen LogP contribution in [0.4, 0.5) is 5.82 Å². The lowest BCUT2D eigenvalue weighted by Gasteiger charge is -2.06. The van der Waals surface area contributed by atoms with Crippen molar-refractivity contribution in [3.63, 3.8) is 0 Å². The van der Waals surface area contributed by atoms with Crippen LogP contribution in [-0.4, -0.2) is 28.3 Å². The number of phenolic OH excluding ortho intramolecular Hbond substituents is 1. The van der Waals surface area contributed by atoms with Gasteiger partial charge in [-0.25, -0.2) is 0 Å². The van der Waals surface area contributed by atoms with Crippen LogP contribution in [0.3, 0.4) is 0 Å². The van der Waals surface area contributed by atoms with Gasteiger partial charge in [-0.15, -0.1) is 0 Å². The Morgan fingerprint density at radius 1 is 1.40 bits per heavy atom. The molecule has 3 N–H and O–H groups in total. The maximum Gasteiger partial charge on any atom is 0.260 e. The minimum absolute atomic E-state index is 0.138. The average Bonchev–Trinajstić information content (AvgIpc) is 2.87. The number of nitrogens with one attached hydrogen (secondary N) is 2. The zero-order chi connectivity index (χ0) is 14.7. The molecule has 1 aromatic carbocycles. The number of hydrogen-bond donors (Lipinski definition) is 3. The smallest absolute Gasteiger partial charge is 0.260 e. The van der Waals surface area contributed by atoms with Crippen LogP contribution in [0, 0.1) is 0 Å². The fourth-order valence-electron chi connectivity index (χ4n) is 1.71. The Balaban J connectivity index is 2.15. The van der Waals surface area contributed by atoms with Gasteiger partial charge in [0.15, 0.2) is 5.82 Å². The summed E-state index contributed by atoms with van der Waals surface area (Å²) >= 11 is 0. The molecule has 1 aromatic heterocycles. The molecule has 1 amide bonds. The van der Waals surface area contributed by atoms with Crippen LogP contribution >= 0.6 is 0 Å². The van der Waals surface area contributed by atoms with E-state index in [-0.39, 0.29) is 11.3 Å². The molecule has 0 unspecified atom stereocenters. The van der Waals surface area contributed by atoms with Crippen molar-refractivity contribution >= 4 is 11.7 Å². The van der Waals surface area contributed by atoms with Gasteiger partial charge in [-0.05, 0) is 18.1 Å². The molecule has 20 heavy (non-hydrogen) atoms. The Bertz CT molecular complexity index is 620. The summed E-state index contributed by atoms with van der Waals surface area (Å²) in [5.74, 6) is 0.644. The minimum atomic E-state index is -0.424. The molecule has 0 saturated heterocycles. The summed E-state index contributed by atoms with van der Waals surface area (Å²) in [5.41, 5.74) is 1.10. The Labute approximate surface area is 116 Å². The van der Waals surface area contributed by atoms with E-state index in [1.54, 1.807) is 12.1 Å². The van der Waals surface area contributed by atoms with E-state index in [4.69, 9.17) is 4.74 Å². The summed E-state index contributed by atoms with van der Waals surface area (Å²) in [4.78, 5) is 12.0. The third-order valence-corrected chi connectivity index (χ3v) is 2.91. The van der Waals surface area contributed by atoms with Crippen LogP contribution in [0.25, 0.3) is 0 Å². The van der Waals surface area contributed by atoms with Gasteiger partial charge in [0.05, 0.1) is 12.7 Å². The highest BCUT2D eigenvalue weighted by Gasteiger charge is 2.14. The van der Waals surface area contributed by atoms with E-state index < -0.39 is 5.91 Å². The molecule has 1 heterocycles. The van der Waals surface area contributed by atoms with E-state index in [0.29, 0.717) is 17.5 Å². The molecule has 0 fully saturated rings. The highest BCUT2D eigenvalue weighted by Crippen LogP contribution is 2.24. The van der Waals surface area contributed by atoms with Gasteiger partial charge >= 0.3 is 0 Å². The Morgan fingerprint density at radius 3 is 2.70 bits per heavy atom. The van der Waals surface area contributed by atoms with Gasteiger partial charge in [-0.3, -0.25) is 9.89 Å². The van der Waals surface area contributed by atoms with Crippen molar-refractivity contribution in [1.82, 2.24) is 10.2 Å². The maximum atomic E-state index is 12.0. The number of anilines is 1. The molecule has 0 aliphatic carbocycles. The number of H-pyrrole nitrogens is 1. The van der Waals surface area contributed by atoms with E-state index in [9.17, 15) is 9.90 Å². The van der Waals surface area contributed by atoms with Crippen molar-refractivity contribution in [1.29, 1.82) is 0 Å². The molecular formula is C14H17N3O3. The summed E-state index contributed by atoms with van der Waals surface area (Å²) < 4.78 is 4.97. The normalized spacial score (nSPS) is 10.6. The number of aromatic amines is 1. The average molecular weight is 275 g/mol. The van der Waals surface area contributed by atoms with Gasteiger partial charge in [0.25, 0.3) is 5.91 Å². The van der Waals surface area contributed by atoms with Crippen LogP contribution in [0.1, 0.15) is 35.8 Å². The highest BCUT2D eigenvalue weighted by molar-refractivity contribution is 6.05. The molecule has 0 radical (unpaired) electrons. The standard InChI is InChI=1S/C14H17N3O3/c1-8(2)11-7-13(17-16-11)15-14(19)10-5-4-9(20-3)6-12(10)18/h4-8,18H,1-3H3,(H2,15,16,17,19). The molecule has 2 rings (SSSR count). The number of aromatic nitrogens is 2. The summed E-state index contributed by atoms with van der Waals surface area (Å²) in [6.45, 7) is 4.04. The quantitative estimate of drug-likeness (QED) is 0.800. The number of rotatable bonds is 4. The van der Waals surface area contributed by atoms with Crippen LogP contribution < -0.4 is 10.1 Å². The zero-order valence-corrected chi connectivity index (χ0v) is 11.6. The number of amides is 1. The number of hydrogen-bond acceptors (Lipinski definition) is 4. The second-order valence-electron chi connectivity index (χ2n) is 4.70. The molecule has 0 atom stereocenters. The van der Waals surface area contributed by atoms with E-state index in [1.807, 2.05) is 13.8 Å². The van der Waals surface area contributed by atoms with Crippen molar-refractivity contribution in [2.45, 2.75) is 19.8 Å². The lowest BCUT2D eigenvalue weighted by molar-refractivity contribution is 0.102. The molecule has 106 valence electrons. The summed E-state index contributed by atoms with van der Waals surface area (Å²) in [5, 5.41) is 19.3. The lowest BCUT2D eigenvalue weighted by Crippen LogP contribution is -2.12. The summed E-state index contributed by atoms with van der Waals surface area (Å²) in [6, 6.07) is 6.26. The third-order valence-electron chi connectivity index (χ3n) is 2.91. The second-order valence-corrected chi connectivity index (χ2v) is 4.70. The molecular weight excluding hydrogens is 258 g/mol. The fraction of sp³-hybridized carbons (Fsp3) is 0.286. The first-order valence-electron chi connectivity index (χ1n) is 6.25. The Morgan fingerprint density at radius 2 is 2.15 bits per heavy atom. The van der Waals surface area contributed by atoms with Gasteiger partial charge in [0.2, 0.25) is 0 Å². The van der Waals surface area contributed by atoms with Crippen molar-refractivity contribution in [2.24, 2.45) is 0 Å². The van der Waals surface area contributed by atoms with E-state index in [2.05, 4.69) is 15.5 Å². The third kappa shape index (κ3) is 2.90. The minimum Gasteiger partial charge on any atom is -0.507 e. The first-order valence-corrected chi connectivity index (χ1v) is 6.25. The van der Waals surface area contributed by atoms with Gasteiger partial charge < -0.3 is 15.2 Å². The monoisotopic (exact) mass is 275 g/mol. The fourth-order valence-corrected chi connectivity index (χ4v) is 1.71. The van der Waals surface area contributed by atoms with Crippen LogP contribution in [-0.2, 0) is 0 Å². The SMILES string of the molecule is COc1ccc(C(=O)Nc2cc(C(C)C)[nH]n2)c(O)c1. The Kier molecular flexibility index (Phi) is 3.93. The first kappa shape index (κ1) is 13.9. The second kappa shape index (κ2) is 5.64. The van der Waals surface area contributed by atoms with Crippen molar-refractivity contribution in [3.8, 4) is 11.5 Å². The van der Waals surface area contributed by atoms with Gasteiger partial charge in [0.1, 0.15) is 11.5 Å². The number of aromatic hydroxyl groups is 1. The van der Waals surface area contributed by atoms with Gasteiger partial charge in [-0.1, -0.05) is 13.8 Å². The first-order chi connectivity index (χ1) is 9.51. The topological polar surface area (TPSA) is 87.2 Å². The summed E-state index contributed by atoms with van der Waals surface area (Å²) in [6.07, 6.45) is 0. The van der Waals surface area contributed by atoms with Crippen molar-refractivity contribution in [3.05, 3.63) is 35.5 Å². The molecule has 6 heteroatoms. The number of carbonyl (C=O) groups excluding carboxylic acids is 1. The van der Waals surface area contributed by atoms with E-state index in [1.165, 1.54) is 19.2 Å². The molecule has 0 aliphatic heterocycles. The molecule has 0 aliphatic rings. The van der Waals surface area contributed by atoms with Crippen LogP contribution in [0.15, 0.2) is 24.3 Å². The van der Waals surface area contributed by atoms with E-state index >= 15 is 0 Å². The van der Waals surface area contributed by atoms with Crippen molar-refractivity contribution < 1.29 is 14.6 Å². The van der Waals surface area contributed by atoms with Crippen LogP contribution in [0.5, 0.6) is 11.5 Å². The number of phenols is 1. The number of nitrogens with zero attached hydrogens (tertiary/aromatic N) is 1. The van der Waals surface area contributed by atoms with Gasteiger partial charge in [-0.2, -0.15) is 5.10 Å². The largest absolute Gasteiger partial charge is 0.507 e. The zero-order valence-electron chi connectivity index (χ0n) is 11.6. The Hall–Kier alpha value is -2.50. The van der Waals surface area contributed by atoms with E-state index in [0.717, 1.165) is 5.69 Å². The molecule has 2 aromatic rings. The maximum absolute atomic E-state index is 12.0. The number of benzene rings is 1. The number of carbonyl (C=O) groups is 1. The van der Waals surface area contributed by atoms with Crippen molar-refractivity contribution in [2.75, 3.05) is 12.4 Å². The van der Waals surface area contributed by atoms with Crippen LogP contribution in [0.2, 0.25) is 0 Å².